The highest BCUT2D eigenvalue weighted by molar-refractivity contribution is 7.17. The molecule has 32 heavy (non-hydrogen) atoms. The smallest absolute Gasteiger partial charge is 0.336 e. The van der Waals surface area contributed by atoms with Crippen molar-refractivity contribution < 1.29 is 14.3 Å². The number of aromatic nitrogens is 2. The third kappa shape index (κ3) is 3.78. The zero-order valence-corrected chi connectivity index (χ0v) is 18.6. The van der Waals surface area contributed by atoms with E-state index in [0.717, 1.165) is 10.1 Å². The van der Waals surface area contributed by atoms with Gasteiger partial charge >= 0.3 is 5.69 Å². The highest BCUT2D eigenvalue weighted by Gasteiger charge is 2.19. The van der Waals surface area contributed by atoms with Crippen LogP contribution in [0, 0.1) is 6.92 Å². The van der Waals surface area contributed by atoms with Gasteiger partial charge in [0.05, 0.1) is 31.1 Å². The summed E-state index contributed by atoms with van der Waals surface area (Å²) >= 11 is 1.23. The molecule has 0 aliphatic heterocycles. The number of hydrogen-bond donors (Lipinski definition) is 1. The highest BCUT2D eigenvalue weighted by atomic mass is 32.1. The third-order valence-electron chi connectivity index (χ3n) is 5.10. The average molecular weight is 452 g/mol. The van der Waals surface area contributed by atoms with E-state index < -0.39 is 17.2 Å². The molecule has 0 fully saturated rings. The van der Waals surface area contributed by atoms with E-state index in [2.05, 4.69) is 5.32 Å². The Morgan fingerprint density at radius 3 is 2.56 bits per heavy atom. The van der Waals surface area contributed by atoms with E-state index in [-0.39, 0.29) is 6.54 Å². The van der Waals surface area contributed by atoms with Crippen molar-refractivity contribution in [3.05, 3.63) is 80.3 Å². The van der Waals surface area contributed by atoms with Crippen molar-refractivity contribution in [2.24, 2.45) is 0 Å². The zero-order chi connectivity index (χ0) is 22.8. The molecule has 0 aliphatic carbocycles. The van der Waals surface area contributed by atoms with Crippen LogP contribution in [0.4, 0.5) is 5.69 Å². The molecular formula is C23H21N3O5S. The lowest BCUT2D eigenvalue weighted by Gasteiger charge is -2.15. The molecule has 9 heteroatoms. The maximum absolute atomic E-state index is 13.4. The molecule has 2 heterocycles. The minimum atomic E-state index is -0.577. The molecule has 0 atom stereocenters. The number of aryl methyl sites for hydroxylation is 1. The Bertz CT molecular complexity index is 1430. The second-order valence-electron chi connectivity index (χ2n) is 7.05. The summed E-state index contributed by atoms with van der Waals surface area (Å²) in [6, 6.07) is 13.8. The number of thiophene rings is 1. The molecule has 1 N–H and O–H groups in total. The van der Waals surface area contributed by atoms with Crippen LogP contribution in [0.15, 0.2) is 63.5 Å². The quantitative estimate of drug-likeness (QED) is 0.486. The monoisotopic (exact) mass is 451 g/mol. The molecule has 4 aromatic rings. The van der Waals surface area contributed by atoms with Gasteiger partial charge in [0.1, 0.15) is 22.7 Å². The van der Waals surface area contributed by atoms with Gasteiger partial charge in [-0.3, -0.25) is 14.2 Å². The number of benzene rings is 2. The number of para-hydroxylation sites is 1. The number of nitrogens with one attached hydrogen (secondary N) is 1. The molecule has 2 aromatic heterocycles. The topological polar surface area (TPSA) is 91.6 Å². The number of carbonyl (C=O) groups excluding carboxylic acids is 1. The summed E-state index contributed by atoms with van der Waals surface area (Å²) in [5.74, 6) is 0.579. The number of hydrogen-bond acceptors (Lipinski definition) is 6. The minimum absolute atomic E-state index is 0.270. The normalized spacial score (nSPS) is 10.8. The van der Waals surface area contributed by atoms with Gasteiger partial charge in [0.15, 0.2) is 0 Å². The second-order valence-corrected chi connectivity index (χ2v) is 7.96. The van der Waals surface area contributed by atoms with Gasteiger partial charge in [-0.15, -0.1) is 11.3 Å². The lowest BCUT2D eigenvalue weighted by atomic mass is 10.2. The van der Waals surface area contributed by atoms with Crippen molar-refractivity contribution in [3.8, 4) is 17.2 Å². The van der Waals surface area contributed by atoms with Gasteiger partial charge in [-0.05, 0) is 42.1 Å². The number of fused-ring (bicyclic) bond motifs is 1. The Kier molecular flexibility index (Phi) is 5.83. The van der Waals surface area contributed by atoms with Crippen LogP contribution in [0.2, 0.25) is 0 Å². The molecule has 0 saturated heterocycles. The number of ether oxygens (including phenoxy) is 2. The Morgan fingerprint density at radius 1 is 1.06 bits per heavy atom. The van der Waals surface area contributed by atoms with Crippen LogP contribution in [0.5, 0.6) is 11.5 Å². The number of anilines is 1. The summed E-state index contributed by atoms with van der Waals surface area (Å²) in [6.45, 7) is 1.56. The molecular weight excluding hydrogens is 430 g/mol. The number of rotatable bonds is 6. The highest BCUT2D eigenvalue weighted by Crippen LogP contribution is 2.29. The largest absolute Gasteiger partial charge is 0.497 e. The SMILES string of the molecule is COc1ccc(NC(=O)Cn2c(=O)n(-c3ccccc3C)c(=O)c3sccc32)c(OC)c1. The third-order valence-corrected chi connectivity index (χ3v) is 5.99. The van der Waals surface area contributed by atoms with E-state index in [4.69, 9.17) is 9.47 Å². The zero-order valence-electron chi connectivity index (χ0n) is 17.7. The van der Waals surface area contributed by atoms with Gasteiger partial charge in [-0.1, -0.05) is 18.2 Å². The summed E-state index contributed by atoms with van der Waals surface area (Å²) in [4.78, 5) is 39.3. The molecule has 0 bridgehead atoms. The van der Waals surface area contributed by atoms with E-state index in [0.29, 0.717) is 33.1 Å². The lowest BCUT2D eigenvalue weighted by Crippen LogP contribution is -2.40. The fourth-order valence-electron chi connectivity index (χ4n) is 3.50. The predicted octanol–water partition coefficient (Wildman–Crippen LogP) is 3.18. The van der Waals surface area contributed by atoms with E-state index in [1.807, 2.05) is 19.1 Å². The Hall–Kier alpha value is -3.85. The number of methoxy groups -OCH3 is 2. The summed E-state index contributed by atoms with van der Waals surface area (Å²) < 4.78 is 13.3. The maximum Gasteiger partial charge on any atom is 0.336 e. The molecule has 1 amide bonds. The number of carbonyl (C=O) groups is 1. The molecule has 0 aliphatic rings. The van der Waals surface area contributed by atoms with Crippen molar-refractivity contribution in [1.29, 1.82) is 0 Å². The van der Waals surface area contributed by atoms with Crippen molar-refractivity contribution in [1.82, 2.24) is 9.13 Å². The Labute approximate surface area is 187 Å². The van der Waals surface area contributed by atoms with Crippen LogP contribution < -0.4 is 26.0 Å². The van der Waals surface area contributed by atoms with Gasteiger partial charge < -0.3 is 14.8 Å². The standard InChI is InChI=1S/C23H21N3O5S/c1-14-6-4-5-7-17(14)26-22(28)21-18(10-11-32-21)25(23(26)29)13-20(27)24-16-9-8-15(30-2)12-19(16)31-3/h4-12H,13H2,1-3H3,(H,24,27). The summed E-state index contributed by atoms with van der Waals surface area (Å²) in [7, 11) is 3.02. The molecule has 4 rings (SSSR count). The van der Waals surface area contributed by atoms with Gasteiger partial charge in [0, 0.05) is 6.07 Å². The Balaban J connectivity index is 1.77. The molecule has 0 saturated carbocycles. The van der Waals surface area contributed by atoms with Gasteiger partial charge in [0.2, 0.25) is 5.91 Å². The molecule has 164 valence electrons. The predicted molar refractivity (Wildman–Crippen MR) is 125 cm³/mol. The average Bonchev–Trinajstić information content (AvgIpc) is 3.28. The fraction of sp³-hybridized carbons (Fsp3) is 0.174. The van der Waals surface area contributed by atoms with Crippen LogP contribution >= 0.6 is 11.3 Å². The van der Waals surface area contributed by atoms with Crippen molar-refractivity contribution in [3.63, 3.8) is 0 Å². The second kappa shape index (κ2) is 8.72. The van der Waals surface area contributed by atoms with Gasteiger partial charge in [-0.25, -0.2) is 9.36 Å². The summed E-state index contributed by atoms with van der Waals surface area (Å²) in [5.41, 5.74) is 1.16. The molecule has 0 spiro atoms. The first-order chi connectivity index (χ1) is 15.4. The van der Waals surface area contributed by atoms with Crippen LogP contribution in [0.25, 0.3) is 15.9 Å². The van der Waals surface area contributed by atoms with E-state index >= 15 is 0 Å². The summed E-state index contributed by atoms with van der Waals surface area (Å²) in [5, 5.41) is 4.50. The van der Waals surface area contributed by atoms with E-state index in [1.54, 1.807) is 41.8 Å². The van der Waals surface area contributed by atoms with Crippen molar-refractivity contribution in [2.75, 3.05) is 19.5 Å². The number of nitrogens with zero attached hydrogens (tertiary/aromatic N) is 2. The molecule has 2 aromatic carbocycles. The van der Waals surface area contributed by atoms with Gasteiger partial charge in [-0.2, -0.15) is 0 Å². The first-order valence-electron chi connectivity index (χ1n) is 9.75. The first-order valence-corrected chi connectivity index (χ1v) is 10.6. The maximum atomic E-state index is 13.4. The first kappa shape index (κ1) is 21.4. The van der Waals surface area contributed by atoms with Crippen LogP contribution in [0.3, 0.4) is 0 Å². The van der Waals surface area contributed by atoms with Crippen LogP contribution in [-0.2, 0) is 11.3 Å². The van der Waals surface area contributed by atoms with Crippen LogP contribution in [0.1, 0.15) is 5.56 Å². The lowest BCUT2D eigenvalue weighted by molar-refractivity contribution is -0.116. The summed E-state index contributed by atoms with van der Waals surface area (Å²) in [6.07, 6.45) is 0. The van der Waals surface area contributed by atoms with E-state index in [1.165, 1.54) is 30.1 Å². The van der Waals surface area contributed by atoms with Gasteiger partial charge in [0.25, 0.3) is 5.56 Å². The Morgan fingerprint density at radius 2 is 1.84 bits per heavy atom. The van der Waals surface area contributed by atoms with Crippen molar-refractivity contribution in [2.45, 2.75) is 13.5 Å². The number of amides is 1. The molecule has 8 nitrogen and oxygen atoms in total. The van der Waals surface area contributed by atoms with E-state index in [9.17, 15) is 14.4 Å². The minimum Gasteiger partial charge on any atom is -0.497 e. The fourth-order valence-corrected chi connectivity index (χ4v) is 4.33. The van der Waals surface area contributed by atoms with Crippen LogP contribution in [-0.4, -0.2) is 29.3 Å². The molecule has 0 radical (unpaired) electrons. The molecule has 0 unspecified atom stereocenters. The van der Waals surface area contributed by atoms with Crippen molar-refractivity contribution >= 4 is 33.1 Å².